The fraction of sp³-hybridized carbons (Fsp3) is 0.409. The molecule has 2 N–H and O–H groups in total. The molecule has 0 radical (unpaired) electrons. The van der Waals surface area contributed by atoms with Crippen molar-refractivity contribution in [3.8, 4) is 0 Å². The molecule has 0 amide bonds. The standard InChI is InChI=1S/C22H29N5O/c1-4-6-14-27(15-7-5-2)20-13-12-19-21(25-20)26-22(24-19)23-18-10-8-17(9-11-18)16(3)28/h8-13H,4-7,14-15H2,1-3H3,(H2,23,24,25,26). The minimum atomic E-state index is 0.0581. The van der Waals surface area contributed by atoms with E-state index in [2.05, 4.69) is 40.1 Å². The van der Waals surface area contributed by atoms with Crippen molar-refractivity contribution in [2.45, 2.75) is 46.5 Å². The second kappa shape index (κ2) is 9.35. The first kappa shape index (κ1) is 19.9. The van der Waals surface area contributed by atoms with Crippen molar-refractivity contribution in [3.63, 3.8) is 0 Å². The number of pyridine rings is 1. The van der Waals surface area contributed by atoms with Crippen LogP contribution in [-0.4, -0.2) is 33.8 Å². The molecule has 6 heteroatoms. The van der Waals surface area contributed by atoms with Crippen molar-refractivity contribution < 1.29 is 4.79 Å². The summed E-state index contributed by atoms with van der Waals surface area (Å²) in [5.41, 5.74) is 3.17. The first-order valence-corrected chi connectivity index (χ1v) is 10.1. The van der Waals surface area contributed by atoms with E-state index in [1.54, 1.807) is 6.92 Å². The summed E-state index contributed by atoms with van der Waals surface area (Å²) in [4.78, 5) is 26.4. The van der Waals surface area contributed by atoms with Gasteiger partial charge in [-0.15, -0.1) is 0 Å². The Morgan fingerprint density at radius 2 is 1.68 bits per heavy atom. The number of hydrogen-bond donors (Lipinski definition) is 2. The quantitative estimate of drug-likeness (QED) is 0.467. The molecule has 28 heavy (non-hydrogen) atoms. The van der Waals surface area contributed by atoms with Crippen molar-refractivity contribution in [2.75, 3.05) is 23.3 Å². The summed E-state index contributed by atoms with van der Waals surface area (Å²) in [5.74, 6) is 1.69. The van der Waals surface area contributed by atoms with Crippen LogP contribution in [0.4, 0.5) is 17.5 Å². The van der Waals surface area contributed by atoms with Gasteiger partial charge in [-0.3, -0.25) is 4.79 Å². The molecule has 148 valence electrons. The lowest BCUT2D eigenvalue weighted by Gasteiger charge is -2.23. The van der Waals surface area contributed by atoms with Gasteiger partial charge in [0.2, 0.25) is 5.95 Å². The van der Waals surface area contributed by atoms with Crippen LogP contribution in [-0.2, 0) is 0 Å². The lowest BCUT2D eigenvalue weighted by Crippen LogP contribution is -2.26. The molecule has 3 aromatic rings. The molecule has 0 fully saturated rings. The molecule has 2 aromatic heterocycles. The molecule has 0 atom stereocenters. The van der Waals surface area contributed by atoms with E-state index in [1.807, 2.05) is 30.3 Å². The third kappa shape index (κ3) is 4.88. The molecule has 0 unspecified atom stereocenters. The van der Waals surface area contributed by atoms with Gasteiger partial charge in [0.25, 0.3) is 0 Å². The number of nitrogens with one attached hydrogen (secondary N) is 2. The summed E-state index contributed by atoms with van der Waals surface area (Å²) >= 11 is 0. The summed E-state index contributed by atoms with van der Waals surface area (Å²) in [6.07, 6.45) is 4.66. The molecule has 6 nitrogen and oxygen atoms in total. The number of ketones is 1. The summed E-state index contributed by atoms with van der Waals surface area (Å²) in [7, 11) is 0. The Labute approximate surface area is 166 Å². The summed E-state index contributed by atoms with van der Waals surface area (Å²) in [6.45, 7) is 8.03. The molecular formula is C22H29N5O. The van der Waals surface area contributed by atoms with Crippen LogP contribution in [0.2, 0.25) is 0 Å². The van der Waals surface area contributed by atoms with Gasteiger partial charge in [-0.2, -0.15) is 4.98 Å². The fourth-order valence-corrected chi connectivity index (χ4v) is 3.08. The monoisotopic (exact) mass is 379 g/mol. The zero-order chi connectivity index (χ0) is 19.9. The van der Waals surface area contributed by atoms with Crippen LogP contribution in [0, 0.1) is 0 Å². The fourth-order valence-electron chi connectivity index (χ4n) is 3.08. The number of Topliss-reactive ketones (excluding diaryl/α,β-unsaturated/α-hetero) is 1. The highest BCUT2D eigenvalue weighted by molar-refractivity contribution is 5.94. The molecule has 0 spiro atoms. The van der Waals surface area contributed by atoms with E-state index < -0.39 is 0 Å². The van der Waals surface area contributed by atoms with E-state index in [0.29, 0.717) is 17.2 Å². The van der Waals surface area contributed by atoms with Crippen molar-refractivity contribution in [2.24, 2.45) is 0 Å². The topological polar surface area (TPSA) is 73.9 Å². The van der Waals surface area contributed by atoms with E-state index >= 15 is 0 Å². The number of H-pyrrole nitrogens is 1. The number of nitrogens with zero attached hydrogens (tertiary/aromatic N) is 3. The highest BCUT2D eigenvalue weighted by Gasteiger charge is 2.11. The lowest BCUT2D eigenvalue weighted by molar-refractivity contribution is 0.101. The number of hydrogen-bond acceptors (Lipinski definition) is 5. The normalized spacial score (nSPS) is 11.0. The lowest BCUT2D eigenvalue weighted by atomic mass is 10.1. The van der Waals surface area contributed by atoms with Crippen LogP contribution in [0.1, 0.15) is 56.8 Å². The van der Waals surface area contributed by atoms with E-state index in [0.717, 1.165) is 43.0 Å². The van der Waals surface area contributed by atoms with E-state index in [9.17, 15) is 4.79 Å². The van der Waals surface area contributed by atoms with E-state index in [1.165, 1.54) is 12.8 Å². The second-order valence-electron chi connectivity index (χ2n) is 7.08. The summed E-state index contributed by atoms with van der Waals surface area (Å²) in [5, 5.41) is 3.25. The van der Waals surface area contributed by atoms with E-state index in [-0.39, 0.29) is 5.78 Å². The predicted molar refractivity (Wildman–Crippen MR) is 116 cm³/mol. The molecule has 0 aliphatic heterocycles. The molecule has 0 aliphatic rings. The molecule has 0 saturated carbocycles. The zero-order valence-corrected chi connectivity index (χ0v) is 17.0. The van der Waals surface area contributed by atoms with Gasteiger partial charge in [0.05, 0.1) is 5.52 Å². The predicted octanol–water partition coefficient (Wildman–Crippen LogP) is 5.31. The minimum absolute atomic E-state index is 0.0581. The Morgan fingerprint density at radius 3 is 2.29 bits per heavy atom. The minimum Gasteiger partial charge on any atom is -0.357 e. The Kier molecular flexibility index (Phi) is 6.63. The maximum atomic E-state index is 11.4. The van der Waals surface area contributed by atoms with Gasteiger partial charge in [0.1, 0.15) is 5.82 Å². The number of rotatable bonds is 10. The average Bonchev–Trinajstić information content (AvgIpc) is 3.10. The first-order chi connectivity index (χ1) is 13.6. The van der Waals surface area contributed by atoms with Crippen LogP contribution in [0.5, 0.6) is 0 Å². The Hall–Kier alpha value is -2.89. The van der Waals surface area contributed by atoms with Crippen molar-refractivity contribution in [1.29, 1.82) is 0 Å². The molecule has 3 rings (SSSR count). The average molecular weight is 380 g/mol. The first-order valence-electron chi connectivity index (χ1n) is 10.1. The highest BCUT2D eigenvalue weighted by atomic mass is 16.1. The molecular weight excluding hydrogens is 350 g/mol. The van der Waals surface area contributed by atoms with Crippen molar-refractivity contribution in [1.82, 2.24) is 15.0 Å². The van der Waals surface area contributed by atoms with Crippen LogP contribution in [0.25, 0.3) is 11.2 Å². The number of benzene rings is 1. The van der Waals surface area contributed by atoms with Gasteiger partial charge in [-0.05, 0) is 56.2 Å². The molecule has 0 saturated heterocycles. The Bertz CT molecular complexity index is 908. The molecule has 0 bridgehead atoms. The number of carbonyl (C=O) groups excluding carboxylic acids is 1. The number of imidazole rings is 1. The summed E-state index contributed by atoms with van der Waals surface area (Å²) in [6, 6.07) is 11.5. The van der Waals surface area contributed by atoms with Crippen LogP contribution >= 0.6 is 0 Å². The van der Waals surface area contributed by atoms with Gasteiger partial charge >= 0.3 is 0 Å². The van der Waals surface area contributed by atoms with Gasteiger partial charge in [0, 0.05) is 24.3 Å². The number of carbonyl (C=O) groups is 1. The van der Waals surface area contributed by atoms with Crippen molar-refractivity contribution >= 4 is 34.4 Å². The Balaban J connectivity index is 1.78. The molecule has 1 aromatic carbocycles. The number of aromatic amines is 1. The maximum absolute atomic E-state index is 11.4. The van der Waals surface area contributed by atoms with Gasteiger partial charge < -0.3 is 15.2 Å². The smallest absolute Gasteiger partial charge is 0.207 e. The maximum Gasteiger partial charge on any atom is 0.207 e. The third-order valence-corrected chi connectivity index (χ3v) is 4.77. The number of aromatic nitrogens is 3. The molecule has 2 heterocycles. The van der Waals surface area contributed by atoms with Crippen LogP contribution in [0.15, 0.2) is 36.4 Å². The van der Waals surface area contributed by atoms with Crippen LogP contribution < -0.4 is 10.2 Å². The van der Waals surface area contributed by atoms with Gasteiger partial charge in [-0.1, -0.05) is 26.7 Å². The molecule has 0 aliphatic carbocycles. The summed E-state index contributed by atoms with van der Waals surface area (Å²) < 4.78 is 0. The number of unbranched alkanes of at least 4 members (excludes halogenated alkanes) is 2. The zero-order valence-electron chi connectivity index (χ0n) is 17.0. The van der Waals surface area contributed by atoms with Gasteiger partial charge in [-0.25, -0.2) is 4.98 Å². The highest BCUT2D eigenvalue weighted by Crippen LogP contribution is 2.21. The number of anilines is 3. The van der Waals surface area contributed by atoms with Gasteiger partial charge in [0.15, 0.2) is 11.4 Å². The second-order valence-corrected chi connectivity index (χ2v) is 7.08. The Morgan fingerprint density at radius 1 is 1.00 bits per heavy atom. The SMILES string of the molecule is CCCCN(CCCC)c1ccc2[nH]c(Nc3ccc(C(C)=O)cc3)nc2n1. The number of fused-ring (bicyclic) bond motifs is 1. The van der Waals surface area contributed by atoms with E-state index in [4.69, 9.17) is 4.98 Å². The van der Waals surface area contributed by atoms with Crippen LogP contribution in [0.3, 0.4) is 0 Å². The largest absolute Gasteiger partial charge is 0.357 e. The van der Waals surface area contributed by atoms with Crippen molar-refractivity contribution in [3.05, 3.63) is 42.0 Å². The third-order valence-electron chi connectivity index (χ3n) is 4.77.